The minimum atomic E-state index is -1.10. The average molecular weight is 298 g/mol. The number of rotatable bonds is 3. The van der Waals surface area contributed by atoms with Crippen molar-refractivity contribution in [2.75, 3.05) is 12.8 Å². The molecule has 0 unspecified atom stereocenters. The predicted molar refractivity (Wildman–Crippen MR) is 66.8 cm³/mol. The van der Waals surface area contributed by atoms with Gasteiger partial charge in [-0.3, -0.25) is 10.1 Å². The third-order valence-corrected chi connectivity index (χ3v) is 2.00. The molecule has 2 aromatic rings. The molecule has 2 aromatic heterocycles. The Kier molecular flexibility index (Phi) is 5.06. The van der Waals surface area contributed by atoms with Gasteiger partial charge >= 0.3 is 17.8 Å². The fourth-order valence-electron chi connectivity index (χ4n) is 1.10. The van der Waals surface area contributed by atoms with E-state index >= 15 is 0 Å². The van der Waals surface area contributed by atoms with Crippen LogP contribution in [0.5, 0.6) is 0 Å². The van der Waals surface area contributed by atoms with Gasteiger partial charge in [0, 0.05) is 6.07 Å². The van der Waals surface area contributed by atoms with Crippen LogP contribution in [0, 0.1) is 10.1 Å². The van der Waals surface area contributed by atoms with Crippen LogP contribution in [0.2, 0.25) is 0 Å². The summed E-state index contributed by atoms with van der Waals surface area (Å²) in [7, 11) is 1.16. The van der Waals surface area contributed by atoms with Gasteiger partial charge in [0.05, 0.1) is 13.2 Å². The lowest BCUT2D eigenvalue weighted by Gasteiger charge is -1.90. The first-order chi connectivity index (χ1) is 9.85. The maximum atomic E-state index is 10.7. The zero-order valence-electron chi connectivity index (χ0n) is 10.6. The highest BCUT2D eigenvalue weighted by molar-refractivity contribution is 5.86. The van der Waals surface area contributed by atoms with E-state index in [1.807, 2.05) is 0 Å². The van der Waals surface area contributed by atoms with Gasteiger partial charge < -0.3 is 24.4 Å². The number of nitrogens with two attached hydrogens (primary N) is 1. The highest BCUT2D eigenvalue weighted by Crippen LogP contribution is 2.15. The second-order valence-electron chi connectivity index (χ2n) is 3.39. The first-order valence-electron chi connectivity index (χ1n) is 5.26. The van der Waals surface area contributed by atoms with Gasteiger partial charge in [0.25, 0.3) is 0 Å². The number of ether oxygens (including phenoxy) is 1. The van der Waals surface area contributed by atoms with Crippen LogP contribution in [0.3, 0.4) is 0 Å². The number of nitrogens with zero attached hydrogens (tertiary/aromatic N) is 1. The van der Waals surface area contributed by atoms with Crippen molar-refractivity contribution < 1.29 is 33.2 Å². The zero-order chi connectivity index (χ0) is 16.0. The molecule has 0 bridgehead atoms. The molecule has 10 nitrogen and oxygen atoms in total. The number of methoxy groups -OCH3 is 1. The molecule has 3 N–H and O–H groups in total. The Hall–Kier alpha value is -3.30. The van der Waals surface area contributed by atoms with Crippen LogP contribution < -0.4 is 5.73 Å². The molecular weight excluding hydrogens is 288 g/mol. The molecule has 0 amide bonds. The smallest absolute Gasteiger partial charge is 0.433 e. The van der Waals surface area contributed by atoms with Gasteiger partial charge in [0.15, 0.2) is 5.88 Å². The van der Waals surface area contributed by atoms with Crippen LogP contribution in [0.15, 0.2) is 33.1 Å². The minimum Gasteiger partial charge on any atom is -0.475 e. The van der Waals surface area contributed by atoms with Gasteiger partial charge in [-0.1, -0.05) is 0 Å². The fourth-order valence-corrected chi connectivity index (χ4v) is 1.10. The molecule has 0 aromatic carbocycles. The number of carbonyl (C=O) groups is 2. The summed E-state index contributed by atoms with van der Waals surface area (Å²) in [5.74, 6) is -2.51. The number of hydrogen-bond donors (Lipinski definition) is 2. The largest absolute Gasteiger partial charge is 0.475 e. The van der Waals surface area contributed by atoms with Crippen LogP contribution in [-0.2, 0) is 4.74 Å². The summed E-state index contributed by atoms with van der Waals surface area (Å²) < 4.78 is 13.3. The maximum Gasteiger partial charge on any atom is 0.433 e. The van der Waals surface area contributed by atoms with E-state index < -0.39 is 22.7 Å². The first kappa shape index (κ1) is 15.8. The molecule has 0 radical (unpaired) electrons. The Balaban J connectivity index is 0.000000219. The molecule has 21 heavy (non-hydrogen) atoms. The van der Waals surface area contributed by atoms with Gasteiger partial charge in [-0.2, -0.15) is 0 Å². The number of nitrogen functional groups attached to an aromatic ring is 1. The van der Waals surface area contributed by atoms with Gasteiger partial charge in [-0.05, 0) is 12.1 Å². The van der Waals surface area contributed by atoms with Gasteiger partial charge in [0.2, 0.25) is 11.5 Å². The highest BCUT2D eigenvalue weighted by atomic mass is 16.7. The lowest BCUT2D eigenvalue weighted by Crippen LogP contribution is -1.98. The third-order valence-electron chi connectivity index (χ3n) is 2.00. The minimum absolute atomic E-state index is 0.118. The Morgan fingerprint density at radius 1 is 1.24 bits per heavy atom. The molecule has 0 spiro atoms. The summed E-state index contributed by atoms with van der Waals surface area (Å²) in [4.78, 5) is 30.1. The Labute approximate surface area is 116 Å². The molecule has 10 heteroatoms. The SMILES string of the molecule is COC(=O)c1ccc([N+](=O)[O-])o1.Nc1ccc(C(=O)O)o1. The van der Waals surface area contributed by atoms with Crippen molar-refractivity contribution in [3.8, 4) is 0 Å². The molecule has 0 fully saturated rings. The van der Waals surface area contributed by atoms with E-state index in [0.29, 0.717) is 0 Å². The molecule has 0 aliphatic rings. The summed E-state index contributed by atoms with van der Waals surface area (Å²) in [6, 6.07) is 4.97. The third kappa shape index (κ3) is 4.38. The van der Waals surface area contributed by atoms with E-state index in [1.54, 1.807) is 0 Å². The number of anilines is 1. The van der Waals surface area contributed by atoms with E-state index in [4.69, 9.17) is 10.8 Å². The Bertz CT molecular complexity index is 657. The van der Waals surface area contributed by atoms with E-state index in [0.717, 1.165) is 13.2 Å². The summed E-state index contributed by atoms with van der Waals surface area (Å²) in [6.07, 6.45) is 0. The number of carbonyl (C=O) groups excluding carboxylic acids is 1. The molecule has 0 saturated carbocycles. The number of carboxylic acid groups (broad SMARTS) is 1. The first-order valence-corrected chi connectivity index (χ1v) is 5.26. The van der Waals surface area contributed by atoms with Crippen LogP contribution in [0.25, 0.3) is 0 Å². The van der Waals surface area contributed by atoms with Crippen molar-refractivity contribution in [1.29, 1.82) is 0 Å². The highest BCUT2D eigenvalue weighted by Gasteiger charge is 2.16. The van der Waals surface area contributed by atoms with E-state index in [9.17, 15) is 19.7 Å². The normalized spacial score (nSPS) is 9.38. The van der Waals surface area contributed by atoms with Crippen molar-refractivity contribution in [3.05, 3.63) is 45.9 Å². The standard InChI is InChI=1S/C6H5NO5.C5H5NO3/c1-11-6(8)4-2-3-5(12-4)7(9)10;6-4-2-1-3(9-4)5(7)8/h2-3H,1H3;1-2H,6H2,(H,7,8). The van der Waals surface area contributed by atoms with Gasteiger partial charge in [0.1, 0.15) is 4.92 Å². The Morgan fingerprint density at radius 2 is 1.86 bits per heavy atom. The maximum absolute atomic E-state index is 10.7. The molecule has 0 aliphatic heterocycles. The number of aromatic carboxylic acids is 1. The van der Waals surface area contributed by atoms with Gasteiger partial charge in [-0.25, -0.2) is 9.59 Å². The van der Waals surface area contributed by atoms with E-state index in [2.05, 4.69) is 13.6 Å². The summed E-state index contributed by atoms with van der Waals surface area (Å²) in [5, 5.41) is 18.3. The number of nitro groups is 1. The molecule has 0 atom stereocenters. The fraction of sp³-hybridized carbons (Fsp3) is 0.0909. The Morgan fingerprint density at radius 3 is 2.19 bits per heavy atom. The second kappa shape index (κ2) is 6.75. The van der Waals surface area contributed by atoms with E-state index in [-0.39, 0.29) is 17.4 Å². The number of furan rings is 2. The average Bonchev–Trinajstić information content (AvgIpc) is 3.07. The van der Waals surface area contributed by atoms with Crippen molar-refractivity contribution in [1.82, 2.24) is 0 Å². The molecule has 2 heterocycles. The molecule has 0 aliphatic carbocycles. The predicted octanol–water partition coefficient (Wildman–Crippen LogP) is 1.53. The van der Waals surface area contributed by atoms with Crippen LogP contribution in [-0.4, -0.2) is 29.1 Å². The monoisotopic (exact) mass is 298 g/mol. The summed E-state index contributed by atoms with van der Waals surface area (Å²) >= 11 is 0. The van der Waals surface area contributed by atoms with Crippen molar-refractivity contribution >= 4 is 23.7 Å². The second-order valence-corrected chi connectivity index (χ2v) is 3.39. The topological polar surface area (TPSA) is 159 Å². The van der Waals surface area contributed by atoms with Gasteiger partial charge in [-0.15, -0.1) is 0 Å². The van der Waals surface area contributed by atoms with Crippen LogP contribution in [0.1, 0.15) is 21.1 Å². The lowest BCUT2D eigenvalue weighted by atomic mass is 10.5. The van der Waals surface area contributed by atoms with Crippen molar-refractivity contribution in [2.45, 2.75) is 0 Å². The molecule has 112 valence electrons. The van der Waals surface area contributed by atoms with Crippen molar-refractivity contribution in [3.63, 3.8) is 0 Å². The number of carboxylic acids is 1. The van der Waals surface area contributed by atoms with E-state index in [1.165, 1.54) is 18.2 Å². The number of hydrogen-bond acceptors (Lipinski definition) is 8. The zero-order valence-corrected chi connectivity index (χ0v) is 10.6. The summed E-state index contributed by atoms with van der Waals surface area (Å²) in [6.45, 7) is 0. The van der Waals surface area contributed by atoms with Crippen molar-refractivity contribution in [2.24, 2.45) is 0 Å². The molecule has 2 rings (SSSR count). The molecular formula is C11H10N2O8. The van der Waals surface area contributed by atoms with Crippen LogP contribution >= 0.6 is 0 Å². The molecule has 0 saturated heterocycles. The number of esters is 1. The van der Waals surface area contributed by atoms with Crippen LogP contribution in [0.4, 0.5) is 11.8 Å². The lowest BCUT2D eigenvalue weighted by molar-refractivity contribution is -0.402. The quantitative estimate of drug-likeness (QED) is 0.486. The summed E-state index contributed by atoms with van der Waals surface area (Å²) in [5.41, 5.74) is 5.09.